The van der Waals surface area contributed by atoms with E-state index >= 15 is 0 Å². The second-order valence-corrected chi connectivity index (χ2v) is 7.14. The molecule has 1 aromatic carbocycles. The molecule has 0 saturated heterocycles. The summed E-state index contributed by atoms with van der Waals surface area (Å²) in [4.78, 5) is 24.1. The Morgan fingerprint density at radius 2 is 2.15 bits per heavy atom. The van der Waals surface area contributed by atoms with Crippen LogP contribution in [0.2, 0.25) is 5.02 Å². The fraction of sp³-hybridized carbons (Fsp3) is 0.111. The fourth-order valence-corrected chi connectivity index (χ4v) is 3.12. The molecular weight excluding hydrogens is 434 g/mol. The van der Waals surface area contributed by atoms with Gasteiger partial charge in [-0.15, -0.1) is 0 Å². The van der Waals surface area contributed by atoms with Crippen molar-refractivity contribution in [1.82, 2.24) is 24.7 Å². The van der Waals surface area contributed by atoms with E-state index in [0.29, 0.717) is 27.7 Å². The highest BCUT2D eigenvalue weighted by Gasteiger charge is 2.19. The molecule has 0 radical (unpaired) electrons. The smallest absolute Gasteiger partial charge is 0.342 e. The molecule has 0 saturated carbocycles. The van der Waals surface area contributed by atoms with Crippen LogP contribution in [0.3, 0.4) is 0 Å². The number of carbonyl (C=O) groups excluding carboxylic acids is 1. The number of aromatic nitrogens is 5. The van der Waals surface area contributed by atoms with E-state index < -0.39 is 12.1 Å². The molecule has 1 N–H and O–H groups in total. The minimum absolute atomic E-state index is 0.318. The summed E-state index contributed by atoms with van der Waals surface area (Å²) in [6, 6.07) is 9.10. The molecule has 1 atom stereocenters. The number of imidazole rings is 1. The number of halogens is 2. The van der Waals surface area contributed by atoms with Gasteiger partial charge in [-0.3, -0.25) is 0 Å². The number of hydrogen-bond donors (Lipinski definition) is 1. The van der Waals surface area contributed by atoms with Crippen LogP contribution in [0.15, 0.2) is 53.4 Å². The van der Waals surface area contributed by atoms with Crippen LogP contribution in [-0.2, 0) is 4.74 Å². The monoisotopic (exact) mass is 445 g/mol. The Morgan fingerprint density at radius 3 is 2.96 bits per heavy atom. The van der Waals surface area contributed by atoms with Crippen molar-refractivity contribution in [3.05, 3.63) is 69.8 Å². The molecule has 0 bridgehead atoms. The van der Waals surface area contributed by atoms with E-state index in [1.54, 1.807) is 25.4 Å². The van der Waals surface area contributed by atoms with Crippen LogP contribution < -0.4 is 0 Å². The molecule has 0 amide bonds. The highest BCUT2D eigenvalue weighted by atomic mass is 79.9. The molecule has 1 unspecified atom stereocenters. The van der Waals surface area contributed by atoms with Crippen LogP contribution >= 0.6 is 27.5 Å². The third-order valence-corrected chi connectivity index (χ3v) is 4.66. The van der Waals surface area contributed by atoms with Gasteiger partial charge in [0.2, 0.25) is 0 Å². The van der Waals surface area contributed by atoms with E-state index in [-0.39, 0.29) is 0 Å². The second kappa shape index (κ2) is 7.13. The third kappa shape index (κ3) is 3.58. The first kappa shape index (κ1) is 17.7. The van der Waals surface area contributed by atoms with Gasteiger partial charge in [-0.05, 0) is 41.1 Å². The lowest BCUT2D eigenvalue weighted by Crippen LogP contribution is -2.10. The highest BCUT2D eigenvalue weighted by Crippen LogP contribution is 2.22. The van der Waals surface area contributed by atoms with Crippen molar-refractivity contribution in [1.29, 1.82) is 0 Å². The zero-order chi connectivity index (χ0) is 19.0. The van der Waals surface area contributed by atoms with E-state index in [1.807, 2.05) is 24.3 Å². The summed E-state index contributed by atoms with van der Waals surface area (Å²) in [5.74, 6) is 0.0119. The molecule has 136 valence electrons. The van der Waals surface area contributed by atoms with Gasteiger partial charge in [0.1, 0.15) is 5.82 Å². The number of para-hydroxylation sites is 1. The standard InChI is InChI=1S/C18H13BrClN5O2/c1-10(16-23-14-6-12(19)8-21-17(14)24-16)27-18(26)11-7-22-25(9-11)15-5-3-2-4-13(15)20/h2-10H,1H3,(H,21,23,24). The summed E-state index contributed by atoms with van der Waals surface area (Å²) in [6.07, 6.45) is 4.10. The van der Waals surface area contributed by atoms with Gasteiger partial charge in [-0.2, -0.15) is 5.10 Å². The molecule has 0 aliphatic heterocycles. The number of nitrogens with one attached hydrogen (secondary N) is 1. The number of hydrogen-bond acceptors (Lipinski definition) is 5. The van der Waals surface area contributed by atoms with Crippen molar-refractivity contribution >= 4 is 44.7 Å². The number of ether oxygens (including phenoxy) is 1. The van der Waals surface area contributed by atoms with Crippen molar-refractivity contribution in [2.45, 2.75) is 13.0 Å². The number of carbonyl (C=O) groups is 1. The minimum Gasteiger partial charge on any atom is -0.451 e. The van der Waals surface area contributed by atoms with E-state index in [4.69, 9.17) is 16.3 Å². The molecular formula is C18H13BrClN5O2. The number of pyridine rings is 1. The van der Waals surface area contributed by atoms with Crippen LogP contribution in [0.25, 0.3) is 16.9 Å². The SMILES string of the molecule is CC(OC(=O)c1cnn(-c2ccccc2Cl)c1)c1nc2ncc(Br)cc2[nH]1. The lowest BCUT2D eigenvalue weighted by Gasteiger charge is -2.09. The van der Waals surface area contributed by atoms with Crippen molar-refractivity contribution in [2.75, 3.05) is 0 Å². The van der Waals surface area contributed by atoms with E-state index in [1.165, 1.54) is 10.9 Å². The van der Waals surface area contributed by atoms with E-state index in [9.17, 15) is 4.79 Å². The summed E-state index contributed by atoms with van der Waals surface area (Å²) < 4.78 is 7.87. The largest absolute Gasteiger partial charge is 0.451 e. The Labute approximate surface area is 167 Å². The lowest BCUT2D eigenvalue weighted by atomic mass is 10.3. The number of rotatable bonds is 4. The van der Waals surface area contributed by atoms with Crippen molar-refractivity contribution in [2.24, 2.45) is 0 Å². The summed E-state index contributed by atoms with van der Waals surface area (Å²) in [6.45, 7) is 1.74. The first-order chi connectivity index (χ1) is 13.0. The molecule has 9 heteroatoms. The van der Waals surface area contributed by atoms with E-state index in [0.717, 1.165) is 9.99 Å². The van der Waals surface area contributed by atoms with Gasteiger partial charge in [0.25, 0.3) is 0 Å². The highest BCUT2D eigenvalue weighted by molar-refractivity contribution is 9.10. The van der Waals surface area contributed by atoms with Crippen LogP contribution in [-0.4, -0.2) is 30.7 Å². The number of esters is 1. The Balaban J connectivity index is 1.52. The topological polar surface area (TPSA) is 85.7 Å². The maximum Gasteiger partial charge on any atom is 0.342 e. The minimum atomic E-state index is -0.575. The predicted octanol–water partition coefficient (Wildman–Crippen LogP) is 4.48. The van der Waals surface area contributed by atoms with Gasteiger partial charge in [0.05, 0.1) is 28.0 Å². The first-order valence-corrected chi connectivity index (χ1v) is 9.20. The Kier molecular flexibility index (Phi) is 4.67. The molecule has 27 heavy (non-hydrogen) atoms. The quantitative estimate of drug-likeness (QED) is 0.467. The van der Waals surface area contributed by atoms with Crippen molar-refractivity contribution in [3.8, 4) is 5.69 Å². The van der Waals surface area contributed by atoms with Gasteiger partial charge < -0.3 is 9.72 Å². The third-order valence-electron chi connectivity index (χ3n) is 3.91. The lowest BCUT2D eigenvalue weighted by molar-refractivity contribution is 0.0322. The van der Waals surface area contributed by atoms with E-state index in [2.05, 4.69) is 36.0 Å². The molecule has 4 rings (SSSR count). The van der Waals surface area contributed by atoms with Crippen LogP contribution in [0.1, 0.15) is 29.2 Å². The average molecular weight is 447 g/mol. The van der Waals surface area contributed by atoms with Crippen LogP contribution in [0.4, 0.5) is 0 Å². The maximum atomic E-state index is 12.5. The molecule has 7 nitrogen and oxygen atoms in total. The molecule has 4 aromatic rings. The maximum absolute atomic E-state index is 12.5. The summed E-state index contributed by atoms with van der Waals surface area (Å²) in [5, 5.41) is 4.72. The zero-order valence-electron chi connectivity index (χ0n) is 14.1. The Hall–Kier alpha value is -2.71. The second-order valence-electron chi connectivity index (χ2n) is 5.82. The number of fused-ring (bicyclic) bond motifs is 1. The van der Waals surface area contributed by atoms with Gasteiger partial charge in [-0.1, -0.05) is 23.7 Å². The molecule has 0 fully saturated rings. The molecule has 0 spiro atoms. The summed E-state index contributed by atoms with van der Waals surface area (Å²) >= 11 is 9.52. The van der Waals surface area contributed by atoms with Crippen molar-refractivity contribution < 1.29 is 9.53 Å². The first-order valence-electron chi connectivity index (χ1n) is 8.03. The van der Waals surface area contributed by atoms with Gasteiger partial charge in [-0.25, -0.2) is 19.4 Å². The predicted molar refractivity (Wildman–Crippen MR) is 104 cm³/mol. The number of H-pyrrole nitrogens is 1. The molecule has 0 aliphatic carbocycles. The van der Waals surface area contributed by atoms with Crippen molar-refractivity contribution in [3.63, 3.8) is 0 Å². The zero-order valence-corrected chi connectivity index (χ0v) is 16.4. The molecule has 3 heterocycles. The fourth-order valence-electron chi connectivity index (χ4n) is 2.57. The Bertz CT molecular complexity index is 1140. The Morgan fingerprint density at radius 1 is 1.33 bits per heavy atom. The summed E-state index contributed by atoms with van der Waals surface area (Å²) in [5.41, 5.74) is 2.32. The van der Waals surface area contributed by atoms with Gasteiger partial charge >= 0.3 is 5.97 Å². The van der Waals surface area contributed by atoms with Crippen LogP contribution in [0, 0.1) is 0 Å². The molecule has 0 aliphatic rings. The van der Waals surface area contributed by atoms with Gasteiger partial charge in [0, 0.05) is 16.9 Å². The number of aromatic amines is 1. The molecule has 3 aromatic heterocycles. The average Bonchev–Trinajstić information content (AvgIpc) is 3.28. The van der Waals surface area contributed by atoms with Crippen LogP contribution in [0.5, 0.6) is 0 Å². The van der Waals surface area contributed by atoms with Gasteiger partial charge in [0.15, 0.2) is 11.8 Å². The normalized spacial score (nSPS) is 12.3. The number of nitrogens with zero attached hydrogens (tertiary/aromatic N) is 4. The summed E-state index contributed by atoms with van der Waals surface area (Å²) in [7, 11) is 0. The number of benzene rings is 1.